The Morgan fingerprint density at radius 2 is 1.49 bits per heavy atom. The van der Waals surface area contributed by atoms with E-state index in [0.29, 0.717) is 0 Å². The maximum atomic E-state index is 10.1. The summed E-state index contributed by atoms with van der Waals surface area (Å²) in [5, 5.41) is 11.8. The molecule has 7 aromatic rings. The number of carboxylic acids is 1. The second-order valence-corrected chi connectivity index (χ2v) is 9.04. The van der Waals surface area contributed by atoms with Crippen LogP contribution in [0.15, 0.2) is 114 Å². The number of furan rings is 1. The third-order valence-corrected chi connectivity index (χ3v) is 6.81. The number of hydrogen-bond acceptors (Lipinski definition) is 4. The smallest absolute Gasteiger partial charge is 0.354 e. The fourth-order valence-corrected chi connectivity index (χ4v) is 5.12. The molecule has 3 heterocycles. The van der Waals surface area contributed by atoms with Gasteiger partial charge in [0, 0.05) is 37.1 Å². The summed E-state index contributed by atoms with van der Waals surface area (Å²) in [4.78, 5) is 18.7. The second-order valence-electron chi connectivity index (χ2n) is 9.04. The van der Waals surface area contributed by atoms with Crippen LogP contribution in [-0.2, 0) is 20.1 Å². The topological polar surface area (TPSA) is 76.2 Å². The van der Waals surface area contributed by atoms with Crippen LogP contribution >= 0.6 is 0 Å². The summed E-state index contributed by atoms with van der Waals surface area (Å²) in [5.74, 6) is -0.990. The van der Waals surface area contributed by atoms with Crippen molar-refractivity contribution in [3.8, 4) is 33.5 Å². The maximum absolute atomic E-state index is 10.1. The quantitative estimate of drug-likeness (QED) is 0.187. The number of aromatic carboxylic acids is 1. The van der Waals surface area contributed by atoms with Crippen molar-refractivity contribution in [3.05, 3.63) is 121 Å². The van der Waals surface area contributed by atoms with Crippen LogP contribution in [0.5, 0.6) is 0 Å². The minimum Gasteiger partial charge on any atom is -0.500 e. The predicted molar refractivity (Wildman–Crippen MR) is 149 cm³/mol. The van der Waals surface area contributed by atoms with Gasteiger partial charge in [0.1, 0.15) is 11.3 Å². The van der Waals surface area contributed by atoms with Crippen LogP contribution in [-0.4, -0.2) is 21.0 Å². The number of hydrogen-bond donors (Lipinski definition) is 1. The van der Waals surface area contributed by atoms with Gasteiger partial charge in [-0.1, -0.05) is 72.1 Å². The van der Waals surface area contributed by atoms with Gasteiger partial charge in [0.15, 0.2) is 0 Å². The van der Waals surface area contributed by atoms with Crippen molar-refractivity contribution in [1.29, 1.82) is 0 Å². The number of benzene rings is 4. The first-order valence-corrected chi connectivity index (χ1v) is 12.2. The van der Waals surface area contributed by atoms with Crippen molar-refractivity contribution in [1.82, 2.24) is 9.97 Å². The van der Waals surface area contributed by atoms with Crippen LogP contribution in [0.2, 0.25) is 0 Å². The summed E-state index contributed by atoms with van der Waals surface area (Å²) >= 11 is 0. The number of nitrogens with zero attached hydrogens (tertiary/aromatic N) is 2. The number of rotatable bonds is 2. The van der Waals surface area contributed by atoms with Gasteiger partial charge in [-0.2, -0.15) is 0 Å². The summed E-state index contributed by atoms with van der Waals surface area (Å²) in [6.07, 6.45) is 1.45. The van der Waals surface area contributed by atoms with Gasteiger partial charge in [-0.3, -0.25) is 4.98 Å². The Hall–Kier alpha value is -4.64. The molecule has 1 aliphatic rings. The van der Waals surface area contributed by atoms with Gasteiger partial charge in [-0.05, 0) is 52.2 Å². The van der Waals surface area contributed by atoms with Crippen molar-refractivity contribution >= 4 is 38.8 Å². The fraction of sp³-hybridized carbons (Fsp3) is 0. The number of carboxylic acid groups (broad SMARTS) is 1. The molecule has 189 valence electrons. The average molecular weight is 684 g/mol. The van der Waals surface area contributed by atoms with E-state index in [0.717, 1.165) is 38.7 Å². The van der Waals surface area contributed by atoms with Crippen LogP contribution < -0.4 is 0 Å². The number of aromatic nitrogens is 2. The van der Waals surface area contributed by atoms with Crippen molar-refractivity contribution in [3.63, 3.8) is 0 Å². The average Bonchev–Trinajstić information content (AvgIpc) is 3.50. The third kappa shape index (κ3) is 4.20. The van der Waals surface area contributed by atoms with Gasteiger partial charge in [0.25, 0.3) is 0 Å². The zero-order valence-corrected chi connectivity index (χ0v) is 22.8. The zero-order chi connectivity index (χ0) is 25.6. The van der Waals surface area contributed by atoms with Crippen LogP contribution in [0.3, 0.4) is 0 Å². The Kier molecular flexibility index (Phi) is 6.27. The molecule has 1 aliphatic carbocycles. The monoisotopic (exact) mass is 684 g/mol. The third-order valence-electron chi connectivity index (χ3n) is 6.81. The van der Waals surface area contributed by atoms with E-state index in [1.54, 1.807) is 12.1 Å². The molecule has 0 fully saturated rings. The first-order valence-electron chi connectivity index (χ1n) is 12.2. The van der Waals surface area contributed by atoms with E-state index >= 15 is 0 Å². The van der Waals surface area contributed by atoms with E-state index in [4.69, 9.17) is 14.5 Å². The first kappa shape index (κ1) is 24.7. The molecule has 0 atom stereocenters. The minimum atomic E-state index is -0.990. The molecular formula is C33H19IrN2O3-. The predicted octanol–water partition coefficient (Wildman–Crippen LogP) is 8.03. The molecule has 8 rings (SSSR count). The van der Waals surface area contributed by atoms with E-state index in [-0.39, 0.29) is 25.8 Å². The van der Waals surface area contributed by atoms with Gasteiger partial charge >= 0.3 is 5.97 Å². The Bertz CT molecular complexity index is 2020. The molecule has 0 spiro atoms. The standard InChI is InChI=1S/C27H14NO.C6H5NO2.Ir/c1-2-7-18-17(6-1)20-9-5-10-23-27(20)22(18)15-24(28-23)16-12-13-26-21(14-16)19-8-3-4-11-25(19)29-26;8-6(9)5-3-1-2-4-7-5;/h1-11,13-15H;1-4H,(H,8,9);/q-1;;. The van der Waals surface area contributed by atoms with Crippen LogP contribution in [0.25, 0.3) is 66.4 Å². The molecule has 4 aromatic carbocycles. The van der Waals surface area contributed by atoms with E-state index in [1.807, 2.05) is 24.3 Å². The summed E-state index contributed by atoms with van der Waals surface area (Å²) in [6, 6.07) is 37.5. The maximum Gasteiger partial charge on any atom is 0.354 e. The van der Waals surface area contributed by atoms with E-state index in [1.165, 1.54) is 39.9 Å². The van der Waals surface area contributed by atoms with Crippen LogP contribution in [0.4, 0.5) is 0 Å². The zero-order valence-electron chi connectivity index (χ0n) is 20.4. The van der Waals surface area contributed by atoms with Crippen molar-refractivity contribution in [2.24, 2.45) is 0 Å². The molecule has 1 N–H and O–H groups in total. The molecule has 1 radical (unpaired) electrons. The number of para-hydroxylation sites is 1. The number of fused-ring (bicyclic) bond motifs is 6. The Balaban J connectivity index is 0.000000239. The molecule has 39 heavy (non-hydrogen) atoms. The molecule has 6 heteroatoms. The van der Waals surface area contributed by atoms with Gasteiger partial charge < -0.3 is 9.52 Å². The van der Waals surface area contributed by atoms with E-state index in [2.05, 4.69) is 71.7 Å². The van der Waals surface area contributed by atoms with Gasteiger partial charge in [0.2, 0.25) is 0 Å². The Labute approximate surface area is 237 Å². The van der Waals surface area contributed by atoms with Crippen LogP contribution in [0, 0.1) is 6.07 Å². The molecule has 5 nitrogen and oxygen atoms in total. The van der Waals surface area contributed by atoms with Crippen molar-refractivity contribution in [2.75, 3.05) is 0 Å². The SMILES string of the molecule is O=C(O)c1ccccn1.[Ir].[c-]1cc2oc3ccccc3c2cc1-c1cc2c3c(cccc3n1)-c1ccccc1-2. The van der Waals surface area contributed by atoms with Crippen LogP contribution in [0.1, 0.15) is 10.5 Å². The Morgan fingerprint density at radius 3 is 2.26 bits per heavy atom. The molecule has 0 bridgehead atoms. The number of pyridine rings is 2. The molecule has 0 saturated heterocycles. The van der Waals surface area contributed by atoms with Gasteiger partial charge in [-0.25, -0.2) is 9.78 Å². The fourth-order valence-electron chi connectivity index (χ4n) is 5.12. The largest absolute Gasteiger partial charge is 0.500 e. The summed E-state index contributed by atoms with van der Waals surface area (Å²) < 4.78 is 5.96. The normalized spacial score (nSPS) is 11.1. The summed E-state index contributed by atoms with van der Waals surface area (Å²) in [5.41, 5.74) is 9.86. The number of carbonyl (C=O) groups is 1. The van der Waals surface area contributed by atoms with E-state index < -0.39 is 5.97 Å². The van der Waals surface area contributed by atoms with Crippen molar-refractivity contribution < 1.29 is 34.4 Å². The summed E-state index contributed by atoms with van der Waals surface area (Å²) in [7, 11) is 0. The molecule has 0 unspecified atom stereocenters. The van der Waals surface area contributed by atoms with E-state index in [9.17, 15) is 4.79 Å². The molecule has 0 aliphatic heterocycles. The van der Waals surface area contributed by atoms with Crippen molar-refractivity contribution in [2.45, 2.75) is 0 Å². The Morgan fingerprint density at radius 1 is 0.744 bits per heavy atom. The molecular weight excluding hydrogens is 665 g/mol. The van der Waals surface area contributed by atoms with Gasteiger partial charge in [-0.15, -0.1) is 23.8 Å². The molecule has 0 saturated carbocycles. The van der Waals surface area contributed by atoms with Gasteiger partial charge in [0.05, 0.1) is 11.1 Å². The summed E-state index contributed by atoms with van der Waals surface area (Å²) in [6.45, 7) is 0. The molecule has 3 aromatic heterocycles. The first-order chi connectivity index (χ1) is 18.7. The second kappa shape index (κ2) is 9.91. The molecule has 0 amide bonds. The minimum absolute atomic E-state index is 0.